The summed E-state index contributed by atoms with van der Waals surface area (Å²) in [5.41, 5.74) is 0. The summed E-state index contributed by atoms with van der Waals surface area (Å²) in [5, 5.41) is 8.43. The van der Waals surface area contributed by atoms with Crippen molar-refractivity contribution in [2.45, 2.75) is 76.0 Å². The minimum Gasteiger partial charge on any atom is -0.212 e. The van der Waals surface area contributed by atoms with Gasteiger partial charge in [0.2, 0.25) is 10.0 Å². The summed E-state index contributed by atoms with van der Waals surface area (Å²) in [6.45, 7) is 2.20. The van der Waals surface area contributed by atoms with Gasteiger partial charge in [0.05, 0.1) is 17.8 Å². The average Bonchev–Trinajstić information content (AvgIpc) is 3.01. The van der Waals surface area contributed by atoms with Gasteiger partial charge in [0, 0.05) is 23.9 Å². The molecule has 0 aromatic heterocycles. The Bertz CT molecular complexity index is 523. The Kier molecular flexibility index (Phi) is 3.37. The lowest BCUT2D eigenvalue weighted by Crippen LogP contribution is -2.39. The van der Waals surface area contributed by atoms with Crippen molar-refractivity contribution in [1.82, 2.24) is 4.31 Å². The lowest BCUT2D eigenvalue weighted by atomic mass is 9.90. The molecule has 2 aliphatic heterocycles. The van der Waals surface area contributed by atoms with E-state index in [1.54, 1.807) is 0 Å². The predicted molar refractivity (Wildman–Crippen MR) is 80.6 cm³/mol. The van der Waals surface area contributed by atoms with E-state index in [-0.39, 0.29) is 12.1 Å². The van der Waals surface area contributed by atoms with Gasteiger partial charge in [-0.15, -0.1) is 0 Å². The van der Waals surface area contributed by atoms with Gasteiger partial charge in [0.25, 0.3) is 0 Å². The minimum absolute atomic E-state index is 0.278. The number of hydrogen-bond donors (Lipinski definition) is 0. The number of azo groups is 1. The largest absolute Gasteiger partial charge is 0.214 e. The predicted octanol–water partition coefficient (Wildman–Crippen LogP) is 2.58. The number of rotatable bonds is 8. The quantitative estimate of drug-likeness (QED) is 0.511. The summed E-state index contributed by atoms with van der Waals surface area (Å²) < 4.78 is 26.8. The molecule has 0 aromatic rings. The van der Waals surface area contributed by atoms with Gasteiger partial charge in [-0.2, -0.15) is 14.5 Å². The third kappa shape index (κ3) is 2.09. The maximum Gasteiger partial charge on any atom is 0.214 e. The number of piperidine rings is 1. The molecule has 3 fully saturated rings. The van der Waals surface area contributed by atoms with E-state index in [9.17, 15) is 8.42 Å². The molecule has 0 amide bonds. The van der Waals surface area contributed by atoms with E-state index in [1.807, 2.05) is 4.31 Å². The van der Waals surface area contributed by atoms with Crippen LogP contribution in [0.15, 0.2) is 10.2 Å². The molecule has 0 radical (unpaired) electrons. The number of fused-ring (bicyclic) bond motifs is 8. The zero-order valence-electron chi connectivity index (χ0n) is 12.7. The lowest BCUT2D eigenvalue weighted by Gasteiger charge is -2.28. The van der Waals surface area contributed by atoms with Gasteiger partial charge in [0.15, 0.2) is 0 Å². The molecule has 0 spiro atoms. The summed E-state index contributed by atoms with van der Waals surface area (Å²) in [4.78, 5) is 0. The lowest BCUT2D eigenvalue weighted by molar-refractivity contribution is 0.315. The Morgan fingerprint density at radius 1 is 0.952 bits per heavy atom. The van der Waals surface area contributed by atoms with Gasteiger partial charge in [-0.1, -0.05) is 39.0 Å². The van der Waals surface area contributed by atoms with Crippen molar-refractivity contribution in [2.75, 3.05) is 5.75 Å². The highest BCUT2D eigenvalue weighted by Gasteiger charge is 2.75. The topological polar surface area (TPSA) is 61.9 Å². The standard InChI is InChI=1S/C15H25N3O2S/c1-2-3-4-5-6-7-8-21(19,20)18-14-10-9-11(15(14)18)13-12(10)16-17-13/h10-15H,2-9H2,1H3/t10-,11+,12+,13-,14-,15+,18?. The van der Waals surface area contributed by atoms with Crippen LogP contribution in [0.4, 0.5) is 0 Å². The second-order valence-corrected chi connectivity index (χ2v) is 9.16. The Morgan fingerprint density at radius 2 is 1.52 bits per heavy atom. The monoisotopic (exact) mass is 311 g/mol. The molecule has 5 nitrogen and oxygen atoms in total. The van der Waals surface area contributed by atoms with Crippen LogP contribution in [-0.4, -0.2) is 42.6 Å². The van der Waals surface area contributed by atoms with Gasteiger partial charge in [-0.05, 0) is 12.8 Å². The molecule has 21 heavy (non-hydrogen) atoms. The zero-order valence-corrected chi connectivity index (χ0v) is 13.5. The summed E-state index contributed by atoms with van der Waals surface area (Å²) >= 11 is 0. The molecular formula is C15H25N3O2S. The first-order valence-electron chi connectivity index (χ1n) is 8.56. The number of sulfonamides is 1. The molecular weight excluding hydrogens is 286 g/mol. The highest BCUT2D eigenvalue weighted by Crippen LogP contribution is 2.63. The SMILES string of the molecule is CCCCCCCCS(=O)(=O)N1[C@@H]2[C@@H]3C[C@@H]([C@H]4N=N[C@@H]34)[C@@H]21. The molecule has 2 aliphatic carbocycles. The fourth-order valence-corrected chi connectivity index (χ4v) is 6.88. The fraction of sp³-hybridized carbons (Fsp3) is 1.00. The minimum atomic E-state index is -3.03. The molecule has 4 rings (SSSR count). The van der Waals surface area contributed by atoms with Crippen molar-refractivity contribution < 1.29 is 8.42 Å². The van der Waals surface area contributed by atoms with Crippen LogP contribution in [0.5, 0.6) is 0 Å². The third-order valence-corrected chi connectivity index (χ3v) is 7.84. The van der Waals surface area contributed by atoms with E-state index < -0.39 is 10.0 Å². The summed E-state index contributed by atoms with van der Waals surface area (Å²) in [6.07, 6.45) is 7.93. The van der Waals surface area contributed by atoms with Gasteiger partial charge >= 0.3 is 0 Å². The fourth-order valence-electron chi connectivity index (χ4n) is 4.85. The molecule has 2 saturated carbocycles. The van der Waals surface area contributed by atoms with E-state index in [4.69, 9.17) is 0 Å². The van der Waals surface area contributed by atoms with Gasteiger partial charge in [-0.3, -0.25) is 0 Å². The first-order chi connectivity index (χ1) is 10.1. The maximum absolute atomic E-state index is 12.5. The van der Waals surface area contributed by atoms with Crippen LogP contribution in [-0.2, 0) is 10.0 Å². The zero-order chi connectivity index (χ0) is 14.6. The van der Waals surface area contributed by atoms with Crippen LogP contribution in [0.3, 0.4) is 0 Å². The Balaban J connectivity index is 1.28. The number of nitrogens with zero attached hydrogens (tertiary/aromatic N) is 3. The van der Waals surface area contributed by atoms with Crippen LogP contribution in [0.1, 0.15) is 51.9 Å². The Labute approximate surface area is 127 Å². The van der Waals surface area contributed by atoms with Crippen molar-refractivity contribution >= 4 is 10.0 Å². The first kappa shape index (κ1) is 14.1. The highest BCUT2D eigenvalue weighted by molar-refractivity contribution is 7.89. The average molecular weight is 311 g/mol. The van der Waals surface area contributed by atoms with E-state index in [1.165, 1.54) is 25.7 Å². The second-order valence-electron chi connectivity index (χ2n) is 7.17. The maximum atomic E-state index is 12.5. The molecule has 7 atom stereocenters. The van der Waals surface area contributed by atoms with Crippen LogP contribution in [0, 0.1) is 11.8 Å². The molecule has 4 aliphatic rings. The molecule has 0 aromatic carbocycles. The summed E-state index contributed by atoms with van der Waals surface area (Å²) in [6, 6.07) is 1.26. The third-order valence-electron chi connectivity index (χ3n) is 5.91. The van der Waals surface area contributed by atoms with E-state index >= 15 is 0 Å². The van der Waals surface area contributed by atoms with Crippen LogP contribution in [0.2, 0.25) is 0 Å². The van der Waals surface area contributed by atoms with Crippen LogP contribution in [0.25, 0.3) is 0 Å². The molecule has 0 N–H and O–H groups in total. The molecule has 118 valence electrons. The molecule has 1 unspecified atom stereocenters. The van der Waals surface area contributed by atoms with Crippen LogP contribution < -0.4 is 0 Å². The Hall–Kier alpha value is -0.490. The van der Waals surface area contributed by atoms with Gasteiger partial charge < -0.3 is 0 Å². The highest BCUT2D eigenvalue weighted by atomic mass is 32.2. The summed E-state index contributed by atoms with van der Waals surface area (Å²) in [7, 11) is -3.03. The molecule has 2 bridgehead atoms. The van der Waals surface area contributed by atoms with Crippen molar-refractivity contribution in [2.24, 2.45) is 22.1 Å². The van der Waals surface area contributed by atoms with E-state index in [0.29, 0.717) is 29.7 Å². The molecule has 1 saturated heterocycles. The van der Waals surface area contributed by atoms with Gasteiger partial charge in [-0.25, -0.2) is 8.42 Å². The smallest absolute Gasteiger partial charge is 0.212 e. The number of unbranched alkanes of at least 4 members (excludes halogenated alkanes) is 5. The van der Waals surface area contributed by atoms with Crippen molar-refractivity contribution in [3.8, 4) is 0 Å². The number of hydrogen-bond acceptors (Lipinski definition) is 4. The molecule has 6 heteroatoms. The second kappa shape index (κ2) is 5.01. The van der Waals surface area contributed by atoms with Crippen molar-refractivity contribution in [1.29, 1.82) is 0 Å². The first-order valence-corrected chi connectivity index (χ1v) is 10.2. The normalized spacial score (nSPS) is 45.3. The molecule has 2 heterocycles. The van der Waals surface area contributed by atoms with E-state index in [2.05, 4.69) is 17.2 Å². The van der Waals surface area contributed by atoms with Crippen LogP contribution >= 0.6 is 0 Å². The van der Waals surface area contributed by atoms with E-state index in [0.717, 1.165) is 19.3 Å². The van der Waals surface area contributed by atoms with Crippen molar-refractivity contribution in [3.63, 3.8) is 0 Å². The summed E-state index contributed by atoms with van der Waals surface area (Å²) in [5.74, 6) is 1.29. The van der Waals surface area contributed by atoms with Gasteiger partial charge in [0.1, 0.15) is 0 Å². The van der Waals surface area contributed by atoms with Crippen molar-refractivity contribution in [3.05, 3.63) is 0 Å². The Morgan fingerprint density at radius 3 is 2.10 bits per heavy atom.